The number of hydrogen-bond donors (Lipinski definition) is 1. The highest BCUT2D eigenvalue weighted by Gasteiger charge is 2.30. The monoisotopic (exact) mass is 288 g/mol. The van der Waals surface area contributed by atoms with Crippen LogP contribution in [0.5, 0.6) is 0 Å². The fraction of sp³-hybridized carbons (Fsp3) is 0.667. The lowest BCUT2D eigenvalue weighted by Gasteiger charge is -2.37. The summed E-state index contributed by atoms with van der Waals surface area (Å²) in [6.45, 7) is 10.1. The molecule has 2 saturated heterocycles. The molecule has 0 radical (unpaired) electrons. The molecular weight excluding hydrogens is 260 g/mol. The van der Waals surface area contributed by atoms with E-state index in [0.717, 1.165) is 31.1 Å². The summed E-state index contributed by atoms with van der Waals surface area (Å²) < 4.78 is 0. The lowest BCUT2D eigenvalue weighted by atomic mass is 10.0. The lowest BCUT2D eigenvalue weighted by molar-refractivity contribution is 0.0835. The maximum absolute atomic E-state index is 10.5. The molecule has 1 aromatic rings. The average molecular weight is 288 g/mol. The van der Waals surface area contributed by atoms with Crippen LogP contribution in [-0.2, 0) is 0 Å². The Morgan fingerprint density at radius 1 is 1.14 bits per heavy atom. The van der Waals surface area contributed by atoms with Gasteiger partial charge in [0, 0.05) is 32.2 Å². The fourth-order valence-electron chi connectivity index (χ4n) is 3.93. The van der Waals surface area contributed by atoms with Gasteiger partial charge in [-0.15, -0.1) is 0 Å². The zero-order chi connectivity index (χ0) is 14.8. The Morgan fingerprint density at radius 2 is 1.90 bits per heavy atom. The Hall–Kier alpha value is -0.900. The molecule has 2 aliphatic heterocycles. The van der Waals surface area contributed by atoms with Crippen molar-refractivity contribution >= 4 is 0 Å². The van der Waals surface area contributed by atoms with E-state index < -0.39 is 0 Å². The number of rotatable bonds is 4. The van der Waals surface area contributed by atoms with Crippen LogP contribution < -0.4 is 0 Å². The molecule has 1 N–H and O–H groups in total. The fourth-order valence-corrected chi connectivity index (χ4v) is 3.93. The summed E-state index contributed by atoms with van der Waals surface area (Å²) in [5.41, 5.74) is 3.55. The molecule has 0 amide bonds. The van der Waals surface area contributed by atoms with Crippen LogP contribution in [0.1, 0.15) is 42.1 Å². The van der Waals surface area contributed by atoms with Crippen molar-refractivity contribution in [3.8, 4) is 0 Å². The van der Waals surface area contributed by atoms with E-state index >= 15 is 0 Å². The summed E-state index contributed by atoms with van der Waals surface area (Å²) in [7, 11) is 0. The van der Waals surface area contributed by atoms with E-state index in [4.69, 9.17) is 0 Å². The number of fused-ring (bicyclic) bond motifs is 1. The van der Waals surface area contributed by atoms with E-state index in [1.165, 1.54) is 43.6 Å². The van der Waals surface area contributed by atoms with Gasteiger partial charge in [-0.1, -0.05) is 29.3 Å². The van der Waals surface area contributed by atoms with E-state index in [1.54, 1.807) is 0 Å². The smallest absolute Gasteiger partial charge is 0.0802 e. The highest BCUT2D eigenvalue weighted by Crippen LogP contribution is 2.24. The second kappa shape index (κ2) is 6.47. The molecule has 2 aliphatic rings. The molecule has 3 nitrogen and oxygen atoms in total. The van der Waals surface area contributed by atoms with Gasteiger partial charge >= 0.3 is 0 Å². The maximum Gasteiger partial charge on any atom is 0.0802 e. The zero-order valence-corrected chi connectivity index (χ0v) is 13.4. The molecule has 21 heavy (non-hydrogen) atoms. The van der Waals surface area contributed by atoms with Gasteiger partial charge in [-0.2, -0.15) is 0 Å². The lowest BCUT2D eigenvalue weighted by Crippen LogP contribution is -2.50. The van der Waals surface area contributed by atoms with Crippen molar-refractivity contribution in [2.24, 2.45) is 0 Å². The van der Waals surface area contributed by atoms with Crippen molar-refractivity contribution in [1.29, 1.82) is 0 Å². The predicted molar refractivity (Wildman–Crippen MR) is 86.5 cm³/mol. The molecular formula is C18H28N2O. The highest BCUT2D eigenvalue weighted by molar-refractivity contribution is 5.29. The Labute approximate surface area is 128 Å². The molecule has 3 rings (SSSR count). The second-order valence-electron chi connectivity index (χ2n) is 6.86. The maximum atomic E-state index is 10.5. The number of hydrogen-bond acceptors (Lipinski definition) is 3. The number of aliphatic hydroxyl groups is 1. The molecule has 0 aliphatic carbocycles. The third-order valence-electron chi connectivity index (χ3n) is 5.02. The second-order valence-corrected chi connectivity index (χ2v) is 6.86. The summed E-state index contributed by atoms with van der Waals surface area (Å²) in [4.78, 5) is 5.18. The van der Waals surface area contributed by atoms with Crippen LogP contribution in [-0.4, -0.2) is 53.7 Å². The zero-order valence-electron chi connectivity index (χ0n) is 13.4. The van der Waals surface area contributed by atoms with Crippen LogP contribution in [0.3, 0.4) is 0 Å². The van der Waals surface area contributed by atoms with Crippen molar-refractivity contribution in [1.82, 2.24) is 9.80 Å². The first-order chi connectivity index (χ1) is 10.1. The molecule has 2 unspecified atom stereocenters. The first-order valence-electron chi connectivity index (χ1n) is 8.34. The minimum absolute atomic E-state index is 0.329. The van der Waals surface area contributed by atoms with E-state index in [2.05, 4.69) is 41.8 Å². The van der Waals surface area contributed by atoms with Gasteiger partial charge in [0.15, 0.2) is 0 Å². The Balaban J connectivity index is 1.52. The van der Waals surface area contributed by atoms with Crippen LogP contribution in [0.25, 0.3) is 0 Å². The molecule has 0 spiro atoms. The average Bonchev–Trinajstić information content (AvgIpc) is 2.91. The van der Waals surface area contributed by atoms with Crippen molar-refractivity contribution in [2.45, 2.75) is 45.3 Å². The van der Waals surface area contributed by atoms with E-state index in [-0.39, 0.29) is 6.10 Å². The van der Waals surface area contributed by atoms with Crippen LogP contribution in [0.4, 0.5) is 0 Å². The summed E-state index contributed by atoms with van der Waals surface area (Å²) in [6, 6.07) is 7.17. The van der Waals surface area contributed by atoms with Gasteiger partial charge in [0.2, 0.25) is 0 Å². The first-order valence-corrected chi connectivity index (χ1v) is 8.34. The van der Waals surface area contributed by atoms with Crippen LogP contribution in [0, 0.1) is 13.8 Å². The van der Waals surface area contributed by atoms with Gasteiger partial charge in [-0.25, -0.2) is 0 Å². The molecule has 0 bridgehead atoms. The molecule has 2 atom stereocenters. The standard InChI is InChI=1S/C18H28N2O/c1-14-10-15(2)12-16(11-14)18(21)5-7-19-8-9-20-6-3-4-17(20)13-19/h10-12,17-18,21H,3-9,13H2,1-2H3. The van der Waals surface area contributed by atoms with E-state index in [1.807, 2.05) is 0 Å². The Kier molecular flexibility index (Phi) is 4.63. The number of piperazine rings is 1. The summed E-state index contributed by atoms with van der Waals surface area (Å²) in [6.07, 6.45) is 3.24. The minimum atomic E-state index is -0.329. The summed E-state index contributed by atoms with van der Waals surface area (Å²) >= 11 is 0. The van der Waals surface area contributed by atoms with Gasteiger partial charge in [0.25, 0.3) is 0 Å². The van der Waals surface area contributed by atoms with Crippen molar-refractivity contribution in [3.63, 3.8) is 0 Å². The summed E-state index contributed by atoms with van der Waals surface area (Å²) in [5.74, 6) is 0. The van der Waals surface area contributed by atoms with Crippen molar-refractivity contribution < 1.29 is 5.11 Å². The van der Waals surface area contributed by atoms with E-state index in [9.17, 15) is 5.11 Å². The quantitative estimate of drug-likeness (QED) is 0.922. The van der Waals surface area contributed by atoms with Crippen molar-refractivity contribution in [2.75, 3.05) is 32.7 Å². The third-order valence-corrected chi connectivity index (χ3v) is 5.02. The topological polar surface area (TPSA) is 26.7 Å². The van der Waals surface area contributed by atoms with Gasteiger partial charge in [0.05, 0.1) is 6.10 Å². The highest BCUT2D eigenvalue weighted by atomic mass is 16.3. The third kappa shape index (κ3) is 3.65. The number of aryl methyl sites for hydroxylation is 2. The molecule has 1 aromatic carbocycles. The minimum Gasteiger partial charge on any atom is -0.388 e. The van der Waals surface area contributed by atoms with E-state index in [0.29, 0.717) is 0 Å². The number of aliphatic hydroxyl groups excluding tert-OH is 1. The Morgan fingerprint density at radius 3 is 2.67 bits per heavy atom. The molecule has 2 heterocycles. The molecule has 0 saturated carbocycles. The largest absolute Gasteiger partial charge is 0.388 e. The van der Waals surface area contributed by atoms with Crippen LogP contribution in [0.2, 0.25) is 0 Å². The molecule has 0 aromatic heterocycles. The predicted octanol–water partition coefficient (Wildman–Crippen LogP) is 2.51. The SMILES string of the molecule is Cc1cc(C)cc(C(O)CCN2CCN3CCCC3C2)c1. The van der Waals surface area contributed by atoms with Crippen molar-refractivity contribution in [3.05, 3.63) is 34.9 Å². The van der Waals surface area contributed by atoms with Gasteiger partial charge in [-0.05, 0) is 45.2 Å². The normalized spacial score (nSPS) is 25.0. The molecule has 116 valence electrons. The molecule has 3 heteroatoms. The first kappa shape index (κ1) is 15.0. The number of benzene rings is 1. The Bertz CT molecular complexity index is 468. The summed E-state index contributed by atoms with van der Waals surface area (Å²) in [5, 5.41) is 10.5. The van der Waals surface area contributed by atoms with Gasteiger partial charge in [0.1, 0.15) is 0 Å². The van der Waals surface area contributed by atoms with Crippen LogP contribution in [0.15, 0.2) is 18.2 Å². The molecule has 2 fully saturated rings. The van der Waals surface area contributed by atoms with Gasteiger partial charge < -0.3 is 10.0 Å². The van der Waals surface area contributed by atoms with Gasteiger partial charge in [-0.3, -0.25) is 4.90 Å². The van der Waals surface area contributed by atoms with Crippen LogP contribution >= 0.6 is 0 Å². The number of nitrogens with zero attached hydrogens (tertiary/aromatic N) is 2.